The van der Waals surface area contributed by atoms with Gasteiger partial charge in [0.05, 0.1) is 4.92 Å². The molecule has 4 aromatic rings. The molecule has 0 aliphatic rings. The lowest BCUT2D eigenvalue weighted by Gasteiger charge is -2.02. The Labute approximate surface area is 186 Å². The second kappa shape index (κ2) is 8.71. The number of carbonyl (C=O) groups excluding carboxylic acids is 1. The third kappa shape index (κ3) is 4.82. The van der Waals surface area contributed by atoms with Crippen molar-refractivity contribution >= 4 is 39.7 Å². The third-order valence-corrected chi connectivity index (χ3v) is 5.88. The number of nitrogens with zero attached hydrogens (tertiary/aromatic N) is 2. The van der Waals surface area contributed by atoms with E-state index in [1.54, 1.807) is 24.4 Å². The van der Waals surface area contributed by atoms with Crippen molar-refractivity contribution < 1.29 is 14.1 Å². The highest BCUT2D eigenvalue weighted by molar-refractivity contribution is 7.15. The molecule has 7 nitrogen and oxygen atoms in total. The van der Waals surface area contributed by atoms with Gasteiger partial charge in [-0.25, -0.2) is 4.98 Å². The van der Waals surface area contributed by atoms with Crippen LogP contribution in [0.5, 0.6) is 0 Å². The number of aromatic nitrogens is 1. The summed E-state index contributed by atoms with van der Waals surface area (Å²) in [6, 6.07) is 15.1. The van der Waals surface area contributed by atoms with E-state index in [2.05, 4.69) is 10.3 Å². The summed E-state index contributed by atoms with van der Waals surface area (Å²) in [5, 5.41) is 14.8. The molecular formula is C22H16ClN3O4S. The van der Waals surface area contributed by atoms with Crippen molar-refractivity contribution in [3.05, 3.63) is 97.7 Å². The van der Waals surface area contributed by atoms with Crippen LogP contribution < -0.4 is 5.32 Å². The van der Waals surface area contributed by atoms with Crippen molar-refractivity contribution in [2.75, 3.05) is 5.32 Å². The Morgan fingerprint density at radius 1 is 1.23 bits per heavy atom. The molecule has 0 aliphatic heterocycles. The number of carbonyl (C=O) groups is 1. The van der Waals surface area contributed by atoms with Crippen LogP contribution in [0.2, 0.25) is 5.02 Å². The summed E-state index contributed by atoms with van der Waals surface area (Å²) >= 11 is 7.55. The second-order valence-electron chi connectivity index (χ2n) is 6.82. The molecule has 1 N–H and O–H groups in total. The molecule has 4 rings (SSSR count). The smallest absolute Gasteiger partial charge is 0.293 e. The molecule has 2 aromatic heterocycles. The zero-order valence-electron chi connectivity index (χ0n) is 16.3. The topological polar surface area (TPSA) is 98.3 Å². The predicted octanol–water partition coefficient (Wildman–Crippen LogP) is 6.12. The van der Waals surface area contributed by atoms with Crippen LogP contribution >= 0.6 is 22.9 Å². The number of nitrogens with one attached hydrogen (secondary N) is 1. The normalized spacial score (nSPS) is 10.8. The molecule has 156 valence electrons. The van der Waals surface area contributed by atoms with E-state index in [4.69, 9.17) is 16.0 Å². The van der Waals surface area contributed by atoms with Gasteiger partial charge in [-0.1, -0.05) is 35.9 Å². The standard InChI is InChI=1S/C22H16ClN3O4S/c1-13-5-6-14(10-18(13)23)9-17-12-24-22(31-17)25-21(27)20-8-7-19(30-20)15-3-2-4-16(11-15)26(28)29/h2-8,10-12H,9H2,1H3,(H,24,25,27). The van der Waals surface area contributed by atoms with Crippen LogP contribution in [0.15, 0.2) is 65.2 Å². The minimum Gasteiger partial charge on any atom is -0.451 e. The molecular weight excluding hydrogens is 438 g/mol. The molecule has 0 bridgehead atoms. The molecule has 0 fully saturated rings. The molecule has 0 saturated carbocycles. The first kappa shape index (κ1) is 20.8. The Morgan fingerprint density at radius 2 is 2.06 bits per heavy atom. The second-order valence-corrected chi connectivity index (χ2v) is 8.34. The van der Waals surface area contributed by atoms with Gasteiger partial charge in [0, 0.05) is 40.2 Å². The van der Waals surface area contributed by atoms with Crippen LogP contribution in [-0.2, 0) is 6.42 Å². The Bertz CT molecular complexity index is 1280. The first-order valence-electron chi connectivity index (χ1n) is 9.25. The van der Waals surface area contributed by atoms with Crippen molar-refractivity contribution in [3.63, 3.8) is 0 Å². The summed E-state index contributed by atoms with van der Waals surface area (Å²) in [7, 11) is 0. The minimum atomic E-state index is -0.481. The number of amides is 1. The molecule has 2 heterocycles. The van der Waals surface area contributed by atoms with Gasteiger partial charge in [-0.15, -0.1) is 11.3 Å². The van der Waals surface area contributed by atoms with Crippen LogP contribution in [0.1, 0.15) is 26.6 Å². The third-order valence-electron chi connectivity index (χ3n) is 4.56. The van der Waals surface area contributed by atoms with Crippen LogP contribution in [-0.4, -0.2) is 15.8 Å². The van der Waals surface area contributed by atoms with Crippen molar-refractivity contribution in [1.29, 1.82) is 0 Å². The van der Waals surface area contributed by atoms with E-state index < -0.39 is 10.8 Å². The summed E-state index contributed by atoms with van der Waals surface area (Å²) in [6.45, 7) is 1.95. The number of halogens is 1. The molecule has 2 aromatic carbocycles. The zero-order chi connectivity index (χ0) is 22.0. The van der Waals surface area contributed by atoms with E-state index >= 15 is 0 Å². The molecule has 0 saturated heterocycles. The fraction of sp³-hybridized carbons (Fsp3) is 0.0909. The summed E-state index contributed by atoms with van der Waals surface area (Å²) in [6.07, 6.45) is 2.37. The van der Waals surface area contributed by atoms with E-state index in [0.717, 1.165) is 16.0 Å². The van der Waals surface area contributed by atoms with Crippen molar-refractivity contribution in [2.24, 2.45) is 0 Å². The number of rotatable bonds is 6. The maximum atomic E-state index is 12.5. The van der Waals surface area contributed by atoms with Crippen LogP contribution in [0.4, 0.5) is 10.8 Å². The summed E-state index contributed by atoms with van der Waals surface area (Å²) in [5.74, 6) is 0.00413. The Hall–Kier alpha value is -3.49. The Balaban J connectivity index is 1.44. The van der Waals surface area contributed by atoms with Crippen molar-refractivity contribution in [2.45, 2.75) is 13.3 Å². The van der Waals surface area contributed by atoms with E-state index in [9.17, 15) is 14.9 Å². The maximum Gasteiger partial charge on any atom is 0.293 e. The average molecular weight is 454 g/mol. The van der Waals surface area contributed by atoms with Gasteiger partial charge in [0.2, 0.25) is 0 Å². The minimum absolute atomic E-state index is 0.0509. The lowest BCUT2D eigenvalue weighted by molar-refractivity contribution is -0.384. The van der Waals surface area contributed by atoms with Crippen molar-refractivity contribution in [1.82, 2.24) is 4.98 Å². The summed E-state index contributed by atoms with van der Waals surface area (Å²) in [5.41, 5.74) is 2.54. The fourth-order valence-corrected chi connectivity index (χ4v) is 3.99. The van der Waals surface area contributed by atoms with E-state index in [1.165, 1.54) is 29.5 Å². The first-order chi connectivity index (χ1) is 14.9. The molecule has 0 spiro atoms. The van der Waals surface area contributed by atoms with Gasteiger partial charge in [0.25, 0.3) is 11.6 Å². The number of aryl methyl sites for hydroxylation is 1. The van der Waals surface area contributed by atoms with Gasteiger partial charge in [0.15, 0.2) is 10.9 Å². The summed E-state index contributed by atoms with van der Waals surface area (Å²) < 4.78 is 5.59. The number of furan rings is 1. The average Bonchev–Trinajstić information content (AvgIpc) is 3.41. The van der Waals surface area contributed by atoms with Crippen LogP contribution in [0.3, 0.4) is 0 Å². The Morgan fingerprint density at radius 3 is 2.84 bits per heavy atom. The van der Waals surface area contributed by atoms with E-state index in [0.29, 0.717) is 27.9 Å². The van der Waals surface area contributed by atoms with Gasteiger partial charge >= 0.3 is 0 Å². The highest BCUT2D eigenvalue weighted by atomic mass is 35.5. The number of hydrogen-bond acceptors (Lipinski definition) is 6. The highest BCUT2D eigenvalue weighted by Crippen LogP contribution is 2.27. The lowest BCUT2D eigenvalue weighted by atomic mass is 10.1. The fourth-order valence-electron chi connectivity index (χ4n) is 2.94. The van der Waals surface area contributed by atoms with Crippen LogP contribution in [0.25, 0.3) is 11.3 Å². The van der Waals surface area contributed by atoms with E-state index in [1.807, 2.05) is 25.1 Å². The van der Waals surface area contributed by atoms with E-state index in [-0.39, 0.29) is 11.4 Å². The number of anilines is 1. The molecule has 0 unspecified atom stereocenters. The van der Waals surface area contributed by atoms with Gasteiger partial charge in [0.1, 0.15) is 5.76 Å². The predicted molar refractivity (Wildman–Crippen MR) is 120 cm³/mol. The largest absolute Gasteiger partial charge is 0.451 e. The number of thiazole rings is 1. The number of nitro benzene ring substituents is 1. The molecule has 0 atom stereocenters. The molecule has 1 amide bonds. The maximum absolute atomic E-state index is 12.5. The molecule has 0 radical (unpaired) electrons. The quantitative estimate of drug-likeness (QED) is 0.280. The number of hydrogen-bond donors (Lipinski definition) is 1. The lowest BCUT2D eigenvalue weighted by Crippen LogP contribution is -2.10. The molecule has 0 aliphatic carbocycles. The highest BCUT2D eigenvalue weighted by Gasteiger charge is 2.16. The summed E-state index contributed by atoms with van der Waals surface area (Å²) in [4.78, 5) is 28.2. The van der Waals surface area contributed by atoms with Gasteiger partial charge in [-0.2, -0.15) is 0 Å². The van der Waals surface area contributed by atoms with Crippen molar-refractivity contribution in [3.8, 4) is 11.3 Å². The molecule has 9 heteroatoms. The van der Waals surface area contributed by atoms with Gasteiger partial charge < -0.3 is 4.42 Å². The number of nitro groups is 1. The number of benzene rings is 2. The monoisotopic (exact) mass is 453 g/mol. The number of non-ortho nitro benzene ring substituents is 1. The first-order valence-corrected chi connectivity index (χ1v) is 10.4. The zero-order valence-corrected chi connectivity index (χ0v) is 17.9. The van der Waals surface area contributed by atoms with Gasteiger partial charge in [-0.3, -0.25) is 20.2 Å². The SMILES string of the molecule is Cc1ccc(Cc2cnc(NC(=O)c3ccc(-c4cccc([N+](=O)[O-])c4)o3)s2)cc1Cl. The van der Waals surface area contributed by atoms with Gasteiger partial charge in [-0.05, 0) is 36.2 Å². The molecule has 31 heavy (non-hydrogen) atoms. The Kier molecular flexibility index (Phi) is 5.83. The van der Waals surface area contributed by atoms with Crippen LogP contribution in [0, 0.1) is 17.0 Å².